The molecule has 1 aliphatic rings. The van der Waals surface area contributed by atoms with Gasteiger partial charge in [0.05, 0.1) is 9.95 Å². The van der Waals surface area contributed by atoms with E-state index in [-0.39, 0.29) is 16.6 Å². The Morgan fingerprint density at radius 1 is 1.32 bits per heavy atom. The first kappa shape index (κ1) is 14.7. The number of hydrogen-bond acceptors (Lipinski definition) is 4. The second kappa shape index (κ2) is 5.53. The van der Waals surface area contributed by atoms with Crippen molar-refractivity contribution in [2.45, 2.75) is 24.9 Å². The number of ether oxygens (including phenoxy) is 1. The summed E-state index contributed by atoms with van der Waals surface area (Å²) in [6, 6.07) is 7.38. The van der Waals surface area contributed by atoms with Gasteiger partial charge in [-0.05, 0) is 37.0 Å². The van der Waals surface area contributed by atoms with Crippen LogP contribution < -0.4 is 4.74 Å². The van der Waals surface area contributed by atoms with E-state index >= 15 is 0 Å². The van der Waals surface area contributed by atoms with Gasteiger partial charge in [0, 0.05) is 12.1 Å². The van der Waals surface area contributed by atoms with Crippen molar-refractivity contribution in [3.8, 4) is 5.88 Å². The van der Waals surface area contributed by atoms with E-state index < -0.39 is 16.3 Å². The van der Waals surface area contributed by atoms with Crippen molar-refractivity contribution in [2.75, 3.05) is 0 Å². The van der Waals surface area contributed by atoms with Crippen LogP contribution in [0.25, 0.3) is 0 Å². The first-order valence-corrected chi connectivity index (χ1v) is 7.13. The Morgan fingerprint density at radius 2 is 2.09 bits per heavy atom. The summed E-state index contributed by atoms with van der Waals surface area (Å²) in [5, 5.41) is 10.7. The summed E-state index contributed by atoms with van der Waals surface area (Å²) in [5.74, 6) is -0.216. The molecule has 0 bridgehead atoms. The molecular weight excluding hydrogens is 311 g/mol. The van der Waals surface area contributed by atoms with Gasteiger partial charge < -0.3 is 4.74 Å². The average molecular weight is 323 g/mol. The minimum absolute atomic E-state index is 0.0617. The molecule has 0 amide bonds. The Labute approximate surface area is 130 Å². The lowest BCUT2D eigenvalue weighted by atomic mass is 9.75. The third-order valence-corrected chi connectivity index (χ3v) is 4.14. The predicted molar refractivity (Wildman–Crippen MR) is 78.5 cm³/mol. The fourth-order valence-corrected chi connectivity index (χ4v) is 2.59. The van der Waals surface area contributed by atoms with Gasteiger partial charge in [-0.1, -0.05) is 17.7 Å². The summed E-state index contributed by atoms with van der Waals surface area (Å²) in [7, 11) is 0. The Morgan fingerprint density at radius 3 is 2.59 bits per heavy atom. The van der Waals surface area contributed by atoms with Crippen LogP contribution in [0, 0.1) is 15.9 Å². The molecule has 0 N–H and O–H groups in total. The van der Waals surface area contributed by atoms with E-state index in [9.17, 15) is 14.5 Å². The number of nitrogens with zero attached hydrogens (tertiary/aromatic N) is 2. The number of nitro groups is 1. The summed E-state index contributed by atoms with van der Waals surface area (Å²) in [4.78, 5) is 14.1. The first-order chi connectivity index (χ1) is 10.5. The Bertz CT molecular complexity index is 717. The number of rotatable bonds is 4. The minimum Gasteiger partial charge on any atom is -0.466 e. The fraction of sp³-hybridized carbons (Fsp3) is 0.267. The molecule has 1 heterocycles. The maximum absolute atomic E-state index is 13.7. The smallest absolute Gasteiger partial charge is 0.287 e. The lowest BCUT2D eigenvalue weighted by Gasteiger charge is -2.41. The Balaban J connectivity index is 1.87. The summed E-state index contributed by atoms with van der Waals surface area (Å²) in [6.07, 6.45) is 3.56. The molecule has 0 atom stereocenters. The van der Waals surface area contributed by atoms with E-state index in [0.29, 0.717) is 5.56 Å². The summed E-state index contributed by atoms with van der Waals surface area (Å²) >= 11 is 5.71. The van der Waals surface area contributed by atoms with Crippen molar-refractivity contribution in [1.82, 2.24) is 4.98 Å². The zero-order valence-electron chi connectivity index (χ0n) is 11.5. The molecule has 0 unspecified atom stereocenters. The first-order valence-electron chi connectivity index (χ1n) is 6.75. The molecule has 114 valence electrons. The van der Waals surface area contributed by atoms with E-state index in [1.165, 1.54) is 24.3 Å². The van der Waals surface area contributed by atoms with Crippen LogP contribution in [0.1, 0.15) is 24.8 Å². The van der Waals surface area contributed by atoms with Gasteiger partial charge in [0.1, 0.15) is 17.6 Å². The molecule has 1 saturated carbocycles. The molecule has 0 spiro atoms. The van der Waals surface area contributed by atoms with Crippen molar-refractivity contribution in [3.05, 3.63) is 63.0 Å². The average Bonchev–Trinajstić information content (AvgIpc) is 2.46. The largest absolute Gasteiger partial charge is 0.466 e. The predicted octanol–water partition coefficient (Wildman–Crippen LogP) is 4.24. The SMILES string of the molecule is O=[N+]([O-])c1ccc(OC2(c3ccc(Cl)c(F)c3)CCC2)nc1. The quantitative estimate of drug-likeness (QED) is 0.623. The molecule has 22 heavy (non-hydrogen) atoms. The highest BCUT2D eigenvalue weighted by Gasteiger charge is 2.42. The molecule has 3 rings (SSSR count). The lowest BCUT2D eigenvalue weighted by Crippen LogP contribution is -2.40. The van der Waals surface area contributed by atoms with Crippen LogP contribution in [0.5, 0.6) is 5.88 Å². The van der Waals surface area contributed by atoms with Crippen molar-refractivity contribution < 1.29 is 14.1 Å². The number of hydrogen-bond donors (Lipinski definition) is 0. The number of aromatic nitrogens is 1. The van der Waals surface area contributed by atoms with E-state index in [1.807, 2.05) is 0 Å². The number of pyridine rings is 1. The number of benzene rings is 1. The molecule has 5 nitrogen and oxygen atoms in total. The molecule has 7 heteroatoms. The van der Waals surface area contributed by atoms with Crippen LogP contribution in [0.4, 0.5) is 10.1 Å². The standard InChI is InChI=1S/C15H12ClFN2O3/c16-12-4-2-10(8-13(12)17)15(6-1-7-15)22-14-5-3-11(9-18-14)19(20)21/h2-5,8-9H,1,6-7H2. The molecule has 1 aromatic heterocycles. The number of halogens is 2. The zero-order valence-corrected chi connectivity index (χ0v) is 12.2. The molecule has 1 aromatic carbocycles. The van der Waals surface area contributed by atoms with E-state index in [1.54, 1.807) is 6.07 Å². The molecule has 0 radical (unpaired) electrons. The van der Waals surface area contributed by atoms with Gasteiger partial charge in [-0.3, -0.25) is 10.1 Å². The van der Waals surface area contributed by atoms with Crippen LogP contribution in [0.15, 0.2) is 36.5 Å². The van der Waals surface area contributed by atoms with Crippen LogP contribution >= 0.6 is 11.6 Å². The van der Waals surface area contributed by atoms with Crippen LogP contribution in [-0.4, -0.2) is 9.91 Å². The Hall–Kier alpha value is -2.21. The highest BCUT2D eigenvalue weighted by atomic mass is 35.5. The topological polar surface area (TPSA) is 65.3 Å². The normalized spacial score (nSPS) is 15.9. The second-order valence-corrected chi connectivity index (χ2v) is 5.60. The molecular formula is C15H12ClFN2O3. The van der Waals surface area contributed by atoms with Crippen molar-refractivity contribution in [3.63, 3.8) is 0 Å². The van der Waals surface area contributed by atoms with Gasteiger partial charge in [0.15, 0.2) is 0 Å². The third-order valence-electron chi connectivity index (χ3n) is 3.84. The molecule has 0 aliphatic heterocycles. The molecule has 0 saturated heterocycles. The highest BCUT2D eigenvalue weighted by molar-refractivity contribution is 6.30. The lowest BCUT2D eigenvalue weighted by molar-refractivity contribution is -0.385. The Kier molecular flexibility index (Phi) is 3.70. The molecule has 1 aliphatic carbocycles. The maximum Gasteiger partial charge on any atom is 0.287 e. The van der Waals surface area contributed by atoms with E-state index in [2.05, 4.69) is 4.98 Å². The van der Waals surface area contributed by atoms with E-state index in [4.69, 9.17) is 16.3 Å². The van der Waals surface area contributed by atoms with Crippen LogP contribution in [0.3, 0.4) is 0 Å². The van der Waals surface area contributed by atoms with Crippen LogP contribution in [-0.2, 0) is 5.60 Å². The van der Waals surface area contributed by atoms with Crippen molar-refractivity contribution in [2.24, 2.45) is 0 Å². The van der Waals surface area contributed by atoms with Gasteiger partial charge in [0.25, 0.3) is 5.69 Å². The monoisotopic (exact) mass is 322 g/mol. The maximum atomic E-state index is 13.7. The second-order valence-electron chi connectivity index (χ2n) is 5.19. The minimum atomic E-state index is -0.644. The van der Waals surface area contributed by atoms with Gasteiger partial charge in [-0.15, -0.1) is 0 Å². The van der Waals surface area contributed by atoms with Crippen molar-refractivity contribution in [1.29, 1.82) is 0 Å². The van der Waals surface area contributed by atoms with Gasteiger partial charge >= 0.3 is 0 Å². The third kappa shape index (κ3) is 2.62. The summed E-state index contributed by atoms with van der Waals surface area (Å²) < 4.78 is 19.6. The fourth-order valence-electron chi connectivity index (χ4n) is 2.47. The van der Waals surface area contributed by atoms with Gasteiger partial charge in [-0.25, -0.2) is 9.37 Å². The van der Waals surface area contributed by atoms with E-state index in [0.717, 1.165) is 25.5 Å². The highest BCUT2D eigenvalue weighted by Crippen LogP contribution is 2.45. The molecule has 1 fully saturated rings. The summed E-state index contributed by atoms with van der Waals surface area (Å²) in [6.45, 7) is 0. The van der Waals surface area contributed by atoms with Gasteiger partial charge in [0.2, 0.25) is 5.88 Å². The zero-order chi connectivity index (χ0) is 15.7. The van der Waals surface area contributed by atoms with Crippen LogP contribution in [0.2, 0.25) is 5.02 Å². The summed E-state index contributed by atoms with van der Waals surface area (Å²) in [5.41, 5.74) is -0.0532. The molecule has 2 aromatic rings. The van der Waals surface area contributed by atoms with Crippen molar-refractivity contribution >= 4 is 17.3 Å². The van der Waals surface area contributed by atoms with Gasteiger partial charge in [-0.2, -0.15) is 0 Å².